The van der Waals surface area contributed by atoms with Crippen molar-refractivity contribution < 1.29 is 9.53 Å². The Hall–Kier alpha value is -3.76. The number of H-pyrrole nitrogens is 1. The summed E-state index contributed by atoms with van der Waals surface area (Å²) < 4.78 is 5.60. The number of rotatable bonds is 1. The van der Waals surface area contributed by atoms with Gasteiger partial charge in [-0.1, -0.05) is 41.9 Å². The van der Waals surface area contributed by atoms with Gasteiger partial charge in [-0.3, -0.25) is 9.89 Å². The summed E-state index contributed by atoms with van der Waals surface area (Å²) in [7, 11) is 0. The van der Waals surface area contributed by atoms with Gasteiger partial charge in [0, 0.05) is 21.8 Å². The Kier molecular flexibility index (Phi) is 3.29. The van der Waals surface area contributed by atoms with Crippen molar-refractivity contribution in [3.05, 3.63) is 76.1 Å². The van der Waals surface area contributed by atoms with Gasteiger partial charge in [-0.25, -0.2) is 0 Å². The molecule has 0 aliphatic carbocycles. The molecule has 2 aliphatic heterocycles. The highest BCUT2D eigenvalue weighted by atomic mass is 35.5. The summed E-state index contributed by atoms with van der Waals surface area (Å²) in [5.41, 5.74) is 7.59. The van der Waals surface area contributed by atoms with Crippen LogP contribution >= 0.6 is 11.6 Å². The van der Waals surface area contributed by atoms with Gasteiger partial charge in [-0.2, -0.15) is 5.26 Å². The van der Waals surface area contributed by atoms with E-state index >= 15 is 0 Å². The zero-order valence-corrected chi connectivity index (χ0v) is 15.0. The van der Waals surface area contributed by atoms with Crippen LogP contribution in [-0.2, 0) is 10.2 Å². The summed E-state index contributed by atoms with van der Waals surface area (Å²) >= 11 is 6.01. The van der Waals surface area contributed by atoms with Crippen LogP contribution in [-0.4, -0.2) is 16.1 Å². The lowest BCUT2D eigenvalue weighted by Gasteiger charge is -2.31. The average molecular weight is 390 g/mol. The molecule has 28 heavy (non-hydrogen) atoms. The normalized spacial score (nSPS) is 19.6. The van der Waals surface area contributed by atoms with E-state index < -0.39 is 5.41 Å². The lowest BCUT2D eigenvalue weighted by atomic mass is 9.68. The Bertz CT molecular complexity index is 1220. The summed E-state index contributed by atoms with van der Waals surface area (Å²) in [6, 6.07) is 16.4. The minimum atomic E-state index is -1.45. The number of fused-ring (bicyclic) bond motifs is 4. The van der Waals surface area contributed by atoms with E-state index in [4.69, 9.17) is 22.1 Å². The van der Waals surface area contributed by atoms with Gasteiger partial charge in [0.1, 0.15) is 17.1 Å². The summed E-state index contributed by atoms with van der Waals surface area (Å²) in [5.74, 6) is -0.362. The van der Waals surface area contributed by atoms with E-state index in [1.807, 2.05) is 12.1 Å². The monoisotopic (exact) mass is 389 g/mol. The molecule has 0 unspecified atom stereocenters. The lowest BCUT2D eigenvalue weighted by molar-refractivity contribution is -0.118. The van der Waals surface area contributed by atoms with E-state index in [1.54, 1.807) is 36.4 Å². The largest absolute Gasteiger partial charge is 0.420 e. The van der Waals surface area contributed by atoms with E-state index in [2.05, 4.69) is 21.6 Å². The number of anilines is 1. The van der Waals surface area contributed by atoms with Crippen LogP contribution in [0.25, 0.3) is 11.3 Å². The fourth-order valence-corrected chi connectivity index (χ4v) is 4.06. The number of nitrogens with one attached hydrogen (secondary N) is 2. The van der Waals surface area contributed by atoms with Gasteiger partial charge < -0.3 is 15.8 Å². The molecule has 0 radical (unpaired) electrons. The van der Waals surface area contributed by atoms with Crippen molar-refractivity contribution in [1.82, 2.24) is 10.2 Å². The third kappa shape index (κ3) is 1.92. The number of carbonyl (C=O) groups excluding carboxylic acids is 1. The van der Waals surface area contributed by atoms with E-state index in [9.17, 15) is 10.1 Å². The van der Waals surface area contributed by atoms with Crippen LogP contribution in [0, 0.1) is 11.3 Å². The van der Waals surface area contributed by atoms with Gasteiger partial charge in [-0.05, 0) is 18.2 Å². The van der Waals surface area contributed by atoms with Crippen molar-refractivity contribution in [3.63, 3.8) is 0 Å². The molecule has 3 heterocycles. The maximum atomic E-state index is 13.4. The van der Waals surface area contributed by atoms with E-state index in [0.717, 1.165) is 5.56 Å². The predicted molar refractivity (Wildman–Crippen MR) is 102 cm³/mol. The van der Waals surface area contributed by atoms with Gasteiger partial charge in [0.25, 0.3) is 0 Å². The summed E-state index contributed by atoms with van der Waals surface area (Å²) in [6.45, 7) is 0. The van der Waals surface area contributed by atoms with E-state index in [1.165, 1.54) is 0 Å². The summed E-state index contributed by atoms with van der Waals surface area (Å²) in [6.07, 6.45) is 0. The molecule has 0 saturated carbocycles. The average Bonchev–Trinajstić information content (AvgIpc) is 3.23. The van der Waals surface area contributed by atoms with Gasteiger partial charge >= 0.3 is 0 Å². The number of nitriles is 1. The molecule has 1 spiro atoms. The standard InChI is InChI=1S/C20H12ClN5O2/c21-11-7-5-10(6-8-11)16-15-18(26-25-16)28-17(23)13(9-22)20(15)12-3-1-2-4-14(12)24-19(20)27/h1-8H,23H2,(H,24,27)(H,25,26)/t20-/m0/s1. The van der Waals surface area contributed by atoms with Crippen molar-refractivity contribution in [2.45, 2.75) is 5.41 Å². The number of carbonyl (C=O) groups is 1. The highest BCUT2D eigenvalue weighted by molar-refractivity contribution is 6.30. The number of aromatic nitrogens is 2. The van der Waals surface area contributed by atoms with Gasteiger partial charge in [0.2, 0.25) is 17.7 Å². The maximum absolute atomic E-state index is 13.4. The van der Waals surface area contributed by atoms with E-state index in [0.29, 0.717) is 27.5 Å². The SMILES string of the molecule is N#CC1=C(N)Oc2n[nH]c(-c3ccc(Cl)cc3)c2[C@@]12C(=O)Nc1ccccc12. The molecule has 2 aromatic carbocycles. The molecule has 1 amide bonds. The third-order valence-corrected chi connectivity index (χ3v) is 5.35. The summed E-state index contributed by atoms with van der Waals surface area (Å²) in [5, 5.41) is 20.5. The number of nitrogens with two attached hydrogens (primary N) is 1. The van der Waals surface area contributed by atoms with Crippen molar-refractivity contribution in [1.29, 1.82) is 5.26 Å². The smallest absolute Gasteiger partial charge is 0.245 e. The van der Waals surface area contributed by atoms with Gasteiger partial charge in [0.05, 0.1) is 11.3 Å². The first kappa shape index (κ1) is 16.4. The fourth-order valence-electron chi connectivity index (χ4n) is 3.93. The van der Waals surface area contributed by atoms with Crippen molar-refractivity contribution in [3.8, 4) is 23.2 Å². The molecule has 3 aromatic rings. The van der Waals surface area contributed by atoms with Crippen LogP contribution in [0.3, 0.4) is 0 Å². The van der Waals surface area contributed by atoms with Crippen molar-refractivity contribution >= 4 is 23.2 Å². The second-order valence-corrected chi connectivity index (χ2v) is 6.92. The number of aromatic amines is 1. The zero-order chi connectivity index (χ0) is 19.5. The molecule has 7 nitrogen and oxygen atoms in total. The Balaban J connectivity index is 1.89. The third-order valence-electron chi connectivity index (χ3n) is 5.10. The molecule has 0 fully saturated rings. The molecule has 0 bridgehead atoms. The van der Waals surface area contributed by atoms with Crippen LogP contribution in [0.4, 0.5) is 5.69 Å². The molecule has 5 rings (SSSR count). The first-order valence-electron chi connectivity index (χ1n) is 8.41. The first-order valence-corrected chi connectivity index (χ1v) is 8.79. The number of amides is 1. The van der Waals surface area contributed by atoms with E-state index in [-0.39, 0.29) is 23.2 Å². The Morgan fingerprint density at radius 1 is 1.18 bits per heavy atom. The first-order chi connectivity index (χ1) is 13.6. The highest BCUT2D eigenvalue weighted by Crippen LogP contribution is 2.55. The quantitative estimate of drug-likeness (QED) is 0.591. The Labute approximate surface area is 164 Å². The second-order valence-electron chi connectivity index (χ2n) is 6.49. The molecule has 4 N–H and O–H groups in total. The molecule has 8 heteroatoms. The molecular formula is C20H12ClN5O2. The molecule has 0 saturated heterocycles. The minimum absolute atomic E-state index is 0.0269. The Morgan fingerprint density at radius 3 is 2.68 bits per heavy atom. The highest BCUT2D eigenvalue weighted by Gasteiger charge is 2.58. The van der Waals surface area contributed by atoms with Gasteiger partial charge in [0.15, 0.2) is 0 Å². The molecule has 2 aliphatic rings. The minimum Gasteiger partial charge on any atom is -0.420 e. The molecule has 1 atom stereocenters. The van der Waals surface area contributed by atoms with Gasteiger partial charge in [-0.15, -0.1) is 5.10 Å². The number of nitrogens with zero attached hydrogens (tertiary/aromatic N) is 2. The zero-order valence-electron chi connectivity index (χ0n) is 14.3. The van der Waals surface area contributed by atoms with Crippen LogP contribution < -0.4 is 15.8 Å². The van der Waals surface area contributed by atoms with Crippen LogP contribution in [0.15, 0.2) is 60.0 Å². The maximum Gasteiger partial charge on any atom is 0.245 e. The second kappa shape index (κ2) is 5.62. The van der Waals surface area contributed by atoms with Crippen LogP contribution in [0.2, 0.25) is 5.02 Å². The molecule has 136 valence electrons. The number of halogens is 1. The van der Waals surface area contributed by atoms with Crippen molar-refractivity contribution in [2.75, 3.05) is 5.32 Å². The number of ether oxygens (including phenoxy) is 1. The Morgan fingerprint density at radius 2 is 1.93 bits per heavy atom. The van der Waals surface area contributed by atoms with Crippen LogP contribution in [0.1, 0.15) is 11.1 Å². The number of hydrogen-bond donors (Lipinski definition) is 3. The number of hydrogen-bond acceptors (Lipinski definition) is 5. The molecular weight excluding hydrogens is 378 g/mol. The predicted octanol–water partition coefficient (Wildman–Crippen LogP) is 3.05. The number of benzene rings is 2. The van der Waals surface area contributed by atoms with Crippen molar-refractivity contribution in [2.24, 2.45) is 5.73 Å². The van der Waals surface area contributed by atoms with Crippen LogP contribution in [0.5, 0.6) is 5.88 Å². The lowest BCUT2D eigenvalue weighted by Crippen LogP contribution is -2.42. The fraction of sp³-hybridized carbons (Fsp3) is 0.0500. The molecule has 1 aromatic heterocycles. The summed E-state index contributed by atoms with van der Waals surface area (Å²) in [4.78, 5) is 13.4. The number of para-hydroxylation sites is 1. The topological polar surface area (TPSA) is 117 Å².